The van der Waals surface area contributed by atoms with Crippen molar-refractivity contribution in [2.45, 2.75) is 0 Å². The molecule has 2 rings (SSSR count). The molecule has 0 atom stereocenters. The molecular formula is C8H9BN2O2. The van der Waals surface area contributed by atoms with Gasteiger partial charge in [-0.15, -0.1) is 0 Å². The first kappa shape index (κ1) is 9.63. The number of aromatic nitrogens is 2. The first-order valence-electron chi connectivity index (χ1n) is 3.76. The van der Waals surface area contributed by atoms with Gasteiger partial charge in [0.1, 0.15) is 0 Å². The fraction of sp³-hybridized carbons (Fsp3) is 0. The highest BCUT2D eigenvalue weighted by Crippen LogP contribution is 2.04. The molecule has 13 heavy (non-hydrogen) atoms. The van der Waals surface area contributed by atoms with Gasteiger partial charge in [0, 0.05) is 12.4 Å². The Balaban J connectivity index is 0.000000251. The van der Waals surface area contributed by atoms with Gasteiger partial charge in [-0.2, -0.15) is 0 Å². The van der Waals surface area contributed by atoms with Gasteiger partial charge < -0.3 is 10.0 Å². The van der Waals surface area contributed by atoms with E-state index in [-0.39, 0.29) is 0 Å². The fourth-order valence-corrected chi connectivity index (χ4v) is 0.910. The Bertz CT molecular complexity index is 304. The molecule has 1 aromatic carbocycles. The van der Waals surface area contributed by atoms with Crippen LogP contribution in [0.3, 0.4) is 0 Å². The Hall–Kier alpha value is -1.46. The molecule has 1 heterocycles. The van der Waals surface area contributed by atoms with Crippen LogP contribution in [0.5, 0.6) is 0 Å². The zero-order chi connectivity index (χ0) is 9.52. The summed E-state index contributed by atoms with van der Waals surface area (Å²) in [7, 11) is -0.750. The van der Waals surface area contributed by atoms with Crippen molar-refractivity contribution in [3.8, 4) is 0 Å². The van der Waals surface area contributed by atoms with Crippen LogP contribution in [0.25, 0.3) is 11.0 Å². The van der Waals surface area contributed by atoms with Crippen LogP contribution in [0.1, 0.15) is 0 Å². The van der Waals surface area contributed by atoms with E-state index >= 15 is 0 Å². The zero-order valence-corrected chi connectivity index (χ0v) is 6.96. The van der Waals surface area contributed by atoms with Gasteiger partial charge in [0.25, 0.3) is 0 Å². The Morgan fingerprint density at radius 2 is 1.31 bits per heavy atom. The number of hydrogen-bond acceptors (Lipinski definition) is 4. The van der Waals surface area contributed by atoms with E-state index in [1.807, 2.05) is 24.3 Å². The number of rotatable bonds is 0. The molecule has 0 saturated carbocycles. The summed E-state index contributed by atoms with van der Waals surface area (Å²) in [4.78, 5) is 8.24. The first-order valence-corrected chi connectivity index (χ1v) is 3.76. The van der Waals surface area contributed by atoms with Gasteiger partial charge >= 0.3 is 7.69 Å². The lowest BCUT2D eigenvalue weighted by Crippen LogP contribution is -1.78. The van der Waals surface area contributed by atoms with Crippen molar-refractivity contribution in [2.24, 2.45) is 0 Å². The third-order valence-electron chi connectivity index (χ3n) is 1.38. The van der Waals surface area contributed by atoms with E-state index < -0.39 is 7.69 Å². The minimum Gasteiger partial charge on any atom is -0.430 e. The van der Waals surface area contributed by atoms with Crippen LogP contribution in [-0.4, -0.2) is 27.7 Å². The van der Waals surface area contributed by atoms with E-state index in [0.717, 1.165) is 11.0 Å². The number of fused-ring (bicyclic) bond motifs is 1. The van der Waals surface area contributed by atoms with Crippen LogP contribution in [-0.2, 0) is 0 Å². The lowest BCUT2D eigenvalue weighted by Gasteiger charge is -1.90. The van der Waals surface area contributed by atoms with E-state index in [1.54, 1.807) is 12.4 Å². The van der Waals surface area contributed by atoms with Crippen molar-refractivity contribution >= 4 is 18.7 Å². The maximum atomic E-state index is 7.12. The lowest BCUT2D eigenvalue weighted by molar-refractivity contribution is 0.448. The van der Waals surface area contributed by atoms with Crippen molar-refractivity contribution < 1.29 is 10.0 Å². The molecule has 2 N–H and O–H groups in total. The monoisotopic (exact) mass is 176 g/mol. The van der Waals surface area contributed by atoms with E-state index in [4.69, 9.17) is 10.0 Å². The third kappa shape index (κ3) is 2.81. The quantitative estimate of drug-likeness (QED) is 0.548. The molecule has 0 aliphatic heterocycles. The molecule has 0 spiro atoms. The maximum absolute atomic E-state index is 7.12. The molecule has 0 aliphatic rings. The molecule has 2 aromatic rings. The Morgan fingerprint density at radius 1 is 0.923 bits per heavy atom. The molecule has 1 aromatic heterocycles. The van der Waals surface area contributed by atoms with Gasteiger partial charge in [0.05, 0.1) is 11.0 Å². The van der Waals surface area contributed by atoms with Gasteiger partial charge in [-0.05, 0) is 12.1 Å². The highest BCUT2D eigenvalue weighted by atomic mass is 16.4. The minimum atomic E-state index is -0.750. The first-order chi connectivity index (χ1) is 6.38. The van der Waals surface area contributed by atoms with Gasteiger partial charge in [-0.1, -0.05) is 12.1 Å². The van der Waals surface area contributed by atoms with Crippen molar-refractivity contribution in [1.82, 2.24) is 9.97 Å². The summed E-state index contributed by atoms with van der Waals surface area (Å²) in [5.41, 5.74) is 1.90. The van der Waals surface area contributed by atoms with Crippen LogP contribution in [0.15, 0.2) is 36.7 Å². The summed E-state index contributed by atoms with van der Waals surface area (Å²) in [6, 6.07) is 7.80. The van der Waals surface area contributed by atoms with Crippen LogP contribution < -0.4 is 0 Å². The SMILES string of the molecule is OBO.c1ccc2nccnc2c1. The predicted molar refractivity (Wildman–Crippen MR) is 51.1 cm³/mol. The molecule has 0 saturated heterocycles. The van der Waals surface area contributed by atoms with E-state index in [2.05, 4.69) is 9.97 Å². The molecule has 0 fully saturated rings. The topological polar surface area (TPSA) is 66.2 Å². The molecule has 0 bridgehead atoms. The predicted octanol–water partition coefficient (Wildman–Crippen LogP) is -0.133. The summed E-state index contributed by atoms with van der Waals surface area (Å²) < 4.78 is 0. The molecule has 0 amide bonds. The summed E-state index contributed by atoms with van der Waals surface area (Å²) in [5, 5.41) is 14.2. The van der Waals surface area contributed by atoms with Crippen molar-refractivity contribution in [2.75, 3.05) is 0 Å². The van der Waals surface area contributed by atoms with Crippen LogP contribution in [0.2, 0.25) is 0 Å². The minimum absolute atomic E-state index is 0.750. The second-order valence-electron chi connectivity index (χ2n) is 2.19. The van der Waals surface area contributed by atoms with Crippen molar-refractivity contribution in [1.29, 1.82) is 0 Å². The molecule has 0 unspecified atom stereocenters. The third-order valence-corrected chi connectivity index (χ3v) is 1.38. The molecule has 0 radical (unpaired) electrons. The summed E-state index contributed by atoms with van der Waals surface area (Å²) in [5.74, 6) is 0. The highest BCUT2D eigenvalue weighted by Gasteiger charge is 1.88. The largest absolute Gasteiger partial charge is 0.432 e. The second-order valence-corrected chi connectivity index (χ2v) is 2.19. The fourth-order valence-electron chi connectivity index (χ4n) is 0.910. The van der Waals surface area contributed by atoms with Gasteiger partial charge in [0.2, 0.25) is 0 Å². The Labute approximate surface area is 76.2 Å². The van der Waals surface area contributed by atoms with E-state index in [1.165, 1.54) is 0 Å². The zero-order valence-electron chi connectivity index (χ0n) is 6.96. The van der Waals surface area contributed by atoms with Gasteiger partial charge in [0.15, 0.2) is 0 Å². The number of nitrogens with zero attached hydrogens (tertiary/aromatic N) is 2. The smallest absolute Gasteiger partial charge is 0.430 e. The van der Waals surface area contributed by atoms with Crippen LogP contribution in [0.4, 0.5) is 0 Å². The van der Waals surface area contributed by atoms with E-state index in [9.17, 15) is 0 Å². The van der Waals surface area contributed by atoms with Crippen LogP contribution >= 0.6 is 0 Å². The van der Waals surface area contributed by atoms with Crippen molar-refractivity contribution in [3.63, 3.8) is 0 Å². The lowest BCUT2D eigenvalue weighted by atomic mass is 10.3. The van der Waals surface area contributed by atoms with Crippen molar-refractivity contribution in [3.05, 3.63) is 36.7 Å². The van der Waals surface area contributed by atoms with Crippen LogP contribution in [0, 0.1) is 0 Å². The maximum Gasteiger partial charge on any atom is 0.432 e. The second kappa shape index (κ2) is 5.24. The molecular weight excluding hydrogens is 167 g/mol. The molecule has 66 valence electrons. The molecule has 4 nitrogen and oxygen atoms in total. The average Bonchev–Trinajstić information content (AvgIpc) is 2.19. The number of para-hydroxylation sites is 2. The van der Waals surface area contributed by atoms with E-state index in [0.29, 0.717) is 0 Å². The normalized spacial score (nSPS) is 8.77. The highest BCUT2D eigenvalue weighted by molar-refractivity contribution is 6.13. The summed E-state index contributed by atoms with van der Waals surface area (Å²) >= 11 is 0. The number of benzene rings is 1. The summed E-state index contributed by atoms with van der Waals surface area (Å²) in [6.45, 7) is 0. The Morgan fingerprint density at radius 3 is 1.69 bits per heavy atom. The average molecular weight is 176 g/mol. The molecule has 0 aliphatic carbocycles. The number of hydrogen-bond donors (Lipinski definition) is 2. The summed E-state index contributed by atoms with van der Waals surface area (Å²) in [6.07, 6.45) is 3.39. The van der Waals surface area contributed by atoms with Gasteiger partial charge in [-0.25, -0.2) is 0 Å². The Kier molecular flexibility index (Phi) is 3.88. The van der Waals surface area contributed by atoms with Gasteiger partial charge in [-0.3, -0.25) is 9.97 Å². The standard InChI is InChI=1S/C8H6N2.BH3O2/c1-2-4-8-7(3-1)9-5-6-10-8;2-1-3/h1-6H;1-3H. The molecule has 5 heteroatoms.